The van der Waals surface area contributed by atoms with Crippen molar-refractivity contribution in [2.45, 2.75) is 44.2 Å². The molecule has 2 aliphatic rings. The molecule has 3 rings (SSSR count). The van der Waals surface area contributed by atoms with Crippen LogP contribution in [0.3, 0.4) is 0 Å². The standard InChI is InChI=1S/C16H21ClN2O/c17-15-8-4-3-7-14(15)16(20)19(12-5-1-2-6-12)13-9-10-18-11-13/h3-4,7-8,12-13,18H,1-2,5-6,9-11H2/t13-/m0/s1. The molecule has 1 aliphatic carbocycles. The predicted octanol–water partition coefficient (Wildman–Crippen LogP) is 3.09. The van der Waals surface area contributed by atoms with Crippen molar-refractivity contribution in [3.05, 3.63) is 34.9 Å². The number of benzene rings is 1. The minimum Gasteiger partial charge on any atom is -0.331 e. The van der Waals surface area contributed by atoms with Crippen molar-refractivity contribution < 1.29 is 4.79 Å². The lowest BCUT2D eigenvalue weighted by molar-refractivity contribution is 0.0595. The molecule has 3 nitrogen and oxygen atoms in total. The number of nitrogens with zero attached hydrogens (tertiary/aromatic N) is 1. The van der Waals surface area contributed by atoms with Crippen molar-refractivity contribution in [1.29, 1.82) is 0 Å². The number of hydrogen-bond donors (Lipinski definition) is 1. The summed E-state index contributed by atoms with van der Waals surface area (Å²) in [5.74, 6) is 0.108. The van der Waals surface area contributed by atoms with Crippen molar-refractivity contribution in [3.63, 3.8) is 0 Å². The topological polar surface area (TPSA) is 32.3 Å². The van der Waals surface area contributed by atoms with Gasteiger partial charge in [0.15, 0.2) is 0 Å². The molecule has 20 heavy (non-hydrogen) atoms. The third-order valence-corrected chi connectivity index (χ3v) is 4.81. The van der Waals surface area contributed by atoms with Crippen LogP contribution in [0.4, 0.5) is 0 Å². The van der Waals surface area contributed by atoms with E-state index in [-0.39, 0.29) is 5.91 Å². The van der Waals surface area contributed by atoms with Crippen LogP contribution in [0.15, 0.2) is 24.3 Å². The Hall–Kier alpha value is -1.06. The zero-order chi connectivity index (χ0) is 13.9. The second kappa shape index (κ2) is 6.15. The molecule has 0 unspecified atom stereocenters. The molecular formula is C16H21ClN2O. The lowest BCUT2D eigenvalue weighted by atomic mass is 10.1. The van der Waals surface area contributed by atoms with Crippen molar-refractivity contribution in [1.82, 2.24) is 10.2 Å². The Kier molecular flexibility index (Phi) is 4.27. The maximum atomic E-state index is 13.0. The van der Waals surface area contributed by atoms with Crippen LogP contribution in [0.2, 0.25) is 5.02 Å². The van der Waals surface area contributed by atoms with E-state index in [1.54, 1.807) is 6.07 Å². The molecule has 1 aromatic carbocycles. The van der Waals surface area contributed by atoms with Crippen LogP contribution in [0.25, 0.3) is 0 Å². The van der Waals surface area contributed by atoms with Gasteiger partial charge in [-0.3, -0.25) is 4.79 Å². The summed E-state index contributed by atoms with van der Waals surface area (Å²) in [7, 11) is 0. The SMILES string of the molecule is O=C(c1ccccc1Cl)N(C1CCCC1)[C@H]1CCNC1. The van der Waals surface area contributed by atoms with E-state index in [1.165, 1.54) is 12.8 Å². The third-order valence-electron chi connectivity index (χ3n) is 4.48. The molecule has 2 fully saturated rings. The summed E-state index contributed by atoms with van der Waals surface area (Å²) in [6.07, 6.45) is 5.78. The largest absolute Gasteiger partial charge is 0.331 e. The molecule has 4 heteroatoms. The van der Waals surface area contributed by atoms with Gasteiger partial charge in [0, 0.05) is 18.6 Å². The van der Waals surface area contributed by atoms with Gasteiger partial charge >= 0.3 is 0 Å². The van der Waals surface area contributed by atoms with Crippen LogP contribution in [-0.4, -0.2) is 36.0 Å². The van der Waals surface area contributed by atoms with Crippen molar-refractivity contribution in [2.75, 3.05) is 13.1 Å². The first-order chi connectivity index (χ1) is 9.77. The van der Waals surface area contributed by atoms with Crippen LogP contribution in [-0.2, 0) is 0 Å². The lowest BCUT2D eigenvalue weighted by Gasteiger charge is -2.34. The Morgan fingerprint density at radius 3 is 2.55 bits per heavy atom. The van der Waals surface area contributed by atoms with Gasteiger partial charge in [-0.25, -0.2) is 0 Å². The number of carbonyl (C=O) groups excluding carboxylic acids is 1. The molecule has 0 radical (unpaired) electrons. The smallest absolute Gasteiger partial charge is 0.255 e. The van der Waals surface area contributed by atoms with Crippen LogP contribution in [0.5, 0.6) is 0 Å². The molecule has 108 valence electrons. The molecular weight excluding hydrogens is 272 g/mol. The number of amides is 1. The summed E-state index contributed by atoms with van der Waals surface area (Å²) in [4.78, 5) is 15.1. The van der Waals surface area contributed by atoms with E-state index in [1.807, 2.05) is 18.2 Å². The zero-order valence-corrected chi connectivity index (χ0v) is 12.4. The highest BCUT2D eigenvalue weighted by molar-refractivity contribution is 6.33. The van der Waals surface area contributed by atoms with E-state index in [2.05, 4.69) is 10.2 Å². The first-order valence-corrected chi connectivity index (χ1v) is 7.93. The molecule has 1 aromatic rings. The summed E-state index contributed by atoms with van der Waals surface area (Å²) in [6.45, 7) is 1.91. The molecule has 1 heterocycles. The molecule has 1 amide bonds. The van der Waals surface area contributed by atoms with Gasteiger partial charge in [-0.1, -0.05) is 36.6 Å². The highest BCUT2D eigenvalue weighted by Crippen LogP contribution is 2.29. The Labute approximate surface area is 125 Å². The van der Waals surface area contributed by atoms with E-state index in [4.69, 9.17) is 11.6 Å². The van der Waals surface area contributed by atoms with Gasteiger partial charge in [0.25, 0.3) is 5.91 Å². The van der Waals surface area contributed by atoms with Gasteiger partial charge in [0.1, 0.15) is 0 Å². The van der Waals surface area contributed by atoms with Gasteiger partial charge in [-0.05, 0) is 37.9 Å². The molecule has 1 N–H and O–H groups in total. The summed E-state index contributed by atoms with van der Waals surface area (Å²) in [6, 6.07) is 8.11. The molecule has 1 saturated carbocycles. The van der Waals surface area contributed by atoms with E-state index < -0.39 is 0 Å². The fourth-order valence-corrected chi connectivity index (χ4v) is 3.68. The predicted molar refractivity (Wildman–Crippen MR) is 81.2 cm³/mol. The molecule has 1 atom stereocenters. The van der Waals surface area contributed by atoms with Crippen LogP contribution >= 0.6 is 11.6 Å². The first kappa shape index (κ1) is 13.9. The Bertz CT molecular complexity index is 463. The minimum absolute atomic E-state index is 0.108. The Morgan fingerprint density at radius 2 is 1.90 bits per heavy atom. The average Bonchev–Trinajstić information content (AvgIpc) is 3.13. The maximum absolute atomic E-state index is 13.0. The number of hydrogen-bond acceptors (Lipinski definition) is 2. The summed E-state index contributed by atoms with van der Waals surface area (Å²) in [5, 5.41) is 3.93. The van der Waals surface area contributed by atoms with E-state index in [0.29, 0.717) is 22.7 Å². The van der Waals surface area contributed by atoms with Gasteiger partial charge < -0.3 is 10.2 Å². The van der Waals surface area contributed by atoms with E-state index in [0.717, 1.165) is 32.4 Å². The highest BCUT2D eigenvalue weighted by atomic mass is 35.5. The Balaban J connectivity index is 1.88. The normalized spacial score (nSPS) is 23.1. The summed E-state index contributed by atoms with van der Waals surface area (Å²) < 4.78 is 0. The monoisotopic (exact) mass is 292 g/mol. The van der Waals surface area contributed by atoms with E-state index >= 15 is 0 Å². The second-order valence-corrected chi connectivity index (χ2v) is 6.18. The van der Waals surface area contributed by atoms with Gasteiger partial charge in [0.05, 0.1) is 10.6 Å². The quantitative estimate of drug-likeness (QED) is 0.928. The number of nitrogens with one attached hydrogen (secondary N) is 1. The minimum atomic E-state index is 0.108. The average molecular weight is 293 g/mol. The van der Waals surface area contributed by atoms with E-state index in [9.17, 15) is 4.79 Å². The molecule has 0 bridgehead atoms. The van der Waals surface area contributed by atoms with Gasteiger partial charge in [-0.15, -0.1) is 0 Å². The summed E-state index contributed by atoms with van der Waals surface area (Å²) >= 11 is 6.21. The van der Waals surface area contributed by atoms with Crippen molar-refractivity contribution in [2.24, 2.45) is 0 Å². The lowest BCUT2D eigenvalue weighted by Crippen LogP contribution is -2.47. The number of rotatable bonds is 3. The highest BCUT2D eigenvalue weighted by Gasteiger charge is 2.34. The number of carbonyl (C=O) groups is 1. The maximum Gasteiger partial charge on any atom is 0.255 e. The zero-order valence-electron chi connectivity index (χ0n) is 11.6. The van der Waals surface area contributed by atoms with Gasteiger partial charge in [0.2, 0.25) is 0 Å². The molecule has 0 aromatic heterocycles. The molecule has 1 saturated heterocycles. The summed E-state index contributed by atoms with van der Waals surface area (Å²) in [5.41, 5.74) is 0.646. The fourth-order valence-electron chi connectivity index (χ4n) is 3.46. The second-order valence-electron chi connectivity index (χ2n) is 5.78. The van der Waals surface area contributed by atoms with Crippen LogP contribution < -0.4 is 5.32 Å². The van der Waals surface area contributed by atoms with Crippen molar-refractivity contribution in [3.8, 4) is 0 Å². The van der Waals surface area contributed by atoms with Crippen LogP contribution in [0, 0.1) is 0 Å². The third kappa shape index (κ3) is 2.70. The van der Waals surface area contributed by atoms with Crippen molar-refractivity contribution >= 4 is 17.5 Å². The van der Waals surface area contributed by atoms with Crippen LogP contribution in [0.1, 0.15) is 42.5 Å². The molecule has 1 aliphatic heterocycles. The first-order valence-electron chi connectivity index (χ1n) is 7.55. The fraction of sp³-hybridized carbons (Fsp3) is 0.562. The Morgan fingerprint density at radius 1 is 1.15 bits per heavy atom. The van der Waals surface area contributed by atoms with Gasteiger partial charge in [-0.2, -0.15) is 0 Å². The number of halogens is 1. The molecule has 0 spiro atoms.